The lowest BCUT2D eigenvalue weighted by molar-refractivity contribution is -0.380. The number of hydrogen-bond acceptors (Lipinski definition) is 5. The van der Waals surface area contributed by atoms with E-state index in [2.05, 4.69) is 10.3 Å². The Morgan fingerprint density at radius 1 is 1.44 bits per heavy atom. The molecule has 0 aliphatic rings. The van der Waals surface area contributed by atoms with Crippen LogP contribution in [0.15, 0.2) is 24.4 Å². The lowest BCUT2D eigenvalue weighted by Crippen LogP contribution is -2.01. The number of nitro groups is 1. The molecule has 0 radical (unpaired) electrons. The first-order chi connectivity index (χ1) is 8.56. The Labute approximate surface area is 104 Å². The molecule has 8 heteroatoms. The van der Waals surface area contributed by atoms with E-state index in [1.807, 2.05) is 0 Å². The molecule has 1 aromatic carbocycles. The van der Waals surface area contributed by atoms with Crippen LogP contribution in [0.3, 0.4) is 0 Å². The third-order valence-corrected chi connectivity index (χ3v) is 3.03. The van der Waals surface area contributed by atoms with Crippen molar-refractivity contribution in [3.05, 3.63) is 51.7 Å². The van der Waals surface area contributed by atoms with E-state index in [4.69, 9.17) is 0 Å². The third-order valence-electron chi connectivity index (χ3n) is 2.12. The summed E-state index contributed by atoms with van der Waals surface area (Å²) in [6, 6.07) is 3.23. The maximum atomic E-state index is 13.3. The molecule has 0 saturated heterocycles. The summed E-state index contributed by atoms with van der Waals surface area (Å²) in [5.41, 5.74) is 0.259. The van der Waals surface area contributed by atoms with E-state index in [9.17, 15) is 18.9 Å². The fourth-order valence-corrected chi connectivity index (χ4v) is 1.90. The largest absolute Gasteiger partial charge is 0.357 e. The molecule has 18 heavy (non-hydrogen) atoms. The summed E-state index contributed by atoms with van der Waals surface area (Å²) >= 11 is 0.851. The van der Waals surface area contributed by atoms with Gasteiger partial charge in [-0.1, -0.05) is 6.07 Å². The predicted molar refractivity (Wildman–Crippen MR) is 62.5 cm³/mol. The molecule has 1 N–H and O–H groups in total. The molecule has 94 valence electrons. The van der Waals surface area contributed by atoms with Gasteiger partial charge < -0.3 is 5.32 Å². The van der Waals surface area contributed by atoms with Crippen LogP contribution in [0.25, 0.3) is 0 Å². The minimum absolute atomic E-state index is 0.0801. The van der Waals surface area contributed by atoms with Gasteiger partial charge in [0.2, 0.25) is 0 Å². The number of aromatic nitrogens is 1. The lowest BCUT2D eigenvalue weighted by Gasteiger charge is -2.03. The maximum Gasteiger partial charge on any atom is 0.345 e. The predicted octanol–water partition coefficient (Wildman–Crippen LogP) is 2.94. The molecule has 1 heterocycles. The Morgan fingerprint density at radius 2 is 2.22 bits per heavy atom. The van der Waals surface area contributed by atoms with E-state index in [0.717, 1.165) is 29.7 Å². The molecule has 0 aliphatic carbocycles. The average molecular weight is 271 g/mol. The number of halogens is 2. The highest BCUT2D eigenvalue weighted by atomic mass is 32.1. The monoisotopic (exact) mass is 271 g/mol. The average Bonchev–Trinajstić information content (AvgIpc) is 2.76. The van der Waals surface area contributed by atoms with E-state index >= 15 is 0 Å². The van der Waals surface area contributed by atoms with Gasteiger partial charge in [-0.15, -0.1) is 0 Å². The highest BCUT2D eigenvalue weighted by Gasteiger charge is 2.11. The SMILES string of the molecule is O=[N+]([O-])c1cnc(NCc2ccc(F)cc2F)s1. The van der Waals surface area contributed by atoms with Gasteiger partial charge in [-0.2, -0.15) is 0 Å². The zero-order valence-electron chi connectivity index (χ0n) is 8.89. The van der Waals surface area contributed by atoms with Gasteiger partial charge in [0.05, 0.1) is 4.92 Å². The van der Waals surface area contributed by atoms with Gasteiger partial charge in [0.25, 0.3) is 0 Å². The molecular weight excluding hydrogens is 264 g/mol. The minimum Gasteiger partial charge on any atom is -0.357 e. The Bertz CT molecular complexity index is 588. The Hall–Kier alpha value is -2.09. The second-order valence-corrected chi connectivity index (χ2v) is 4.36. The smallest absolute Gasteiger partial charge is 0.345 e. The van der Waals surface area contributed by atoms with Crippen LogP contribution in [0.5, 0.6) is 0 Å². The standard InChI is InChI=1S/C10H7F2N3O2S/c11-7-2-1-6(8(12)3-7)4-13-10-14-5-9(18-10)15(16)17/h1-3,5H,4H2,(H,13,14). The van der Waals surface area contributed by atoms with E-state index in [0.29, 0.717) is 5.13 Å². The van der Waals surface area contributed by atoms with Gasteiger partial charge in [0, 0.05) is 18.2 Å². The van der Waals surface area contributed by atoms with Crippen LogP contribution in [0.2, 0.25) is 0 Å². The zero-order chi connectivity index (χ0) is 13.1. The van der Waals surface area contributed by atoms with Gasteiger partial charge >= 0.3 is 5.00 Å². The van der Waals surface area contributed by atoms with Crippen LogP contribution in [0.4, 0.5) is 18.9 Å². The second-order valence-electron chi connectivity index (χ2n) is 3.35. The van der Waals surface area contributed by atoms with Gasteiger partial charge in [0.15, 0.2) is 5.13 Å². The van der Waals surface area contributed by atoms with Crippen molar-refractivity contribution in [2.24, 2.45) is 0 Å². The van der Waals surface area contributed by atoms with E-state index in [-0.39, 0.29) is 17.1 Å². The van der Waals surface area contributed by atoms with Crippen molar-refractivity contribution < 1.29 is 13.7 Å². The van der Waals surface area contributed by atoms with Crippen LogP contribution < -0.4 is 5.32 Å². The molecule has 0 atom stereocenters. The Morgan fingerprint density at radius 3 is 2.83 bits per heavy atom. The normalized spacial score (nSPS) is 10.3. The van der Waals surface area contributed by atoms with Crippen LogP contribution in [-0.2, 0) is 6.54 Å². The summed E-state index contributed by atoms with van der Waals surface area (Å²) in [4.78, 5) is 13.6. The van der Waals surface area contributed by atoms with Crippen LogP contribution >= 0.6 is 11.3 Å². The summed E-state index contributed by atoms with van der Waals surface area (Å²) in [5.74, 6) is -1.32. The molecule has 1 aromatic heterocycles. The summed E-state index contributed by atoms with van der Waals surface area (Å²) < 4.78 is 25.9. The van der Waals surface area contributed by atoms with Crippen LogP contribution in [0, 0.1) is 21.7 Å². The van der Waals surface area contributed by atoms with E-state index in [1.165, 1.54) is 6.07 Å². The topological polar surface area (TPSA) is 68.1 Å². The second kappa shape index (κ2) is 5.05. The van der Waals surface area contributed by atoms with Crippen LogP contribution in [0.1, 0.15) is 5.56 Å². The van der Waals surface area contributed by atoms with Crippen molar-refractivity contribution >= 4 is 21.5 Å². The molecule has 2 aromatic rings. The number of nitrogens with zero attached hydrogens (tertiary/aromatic N) is 2. The van der Waals surface area contributed by atoms with Gasteiger partial charge in [0.1, 0.15) is 17.8 Å². The quantitative estimate of drug-likeness (QED) is 0.685. The van der Waals surface area contributed by atoms with Crippen molar-refractivity contribution in [1.29, 1.82) is 0 Å². The lowest BCUT2D eigenvalue weighted by atomic mass is 10.2. The summed E-state index contributed by atoms with van der Waals surface area (Å²) in [5, 5.41) is 13.4. The van der Waals surface area contributed by atoms with E-state index < -0.39 is 16.6 Å². The molecule has 5 nitrogen and oxygen atoms in total. The molecule has 0 fully saturated rings. The third kappa shape index (κ3) is 2.77. The molecule has 0 unspecified atom stereocenters. The van der Waals surface area contributed by atoms with Gasteiger partial charge in [-0.25, -0.2) is 13.8 Å². The first-order valence-electron chi connectivity index (χ1n) is 4.84. The molecule has 0 amide bonds. The van der Waals surface area contributed by atoms with Crippen LogP contribution in [-0.4, -0.2) is 9.91 Å². The Balaban J connectivity index is 2.04. The number of nitrogens with one attached hydrogen (secondary N) is 1. The van der Waals surface area contributed by atoms with Gasteiger partial charge in [-0.3, -0.25) is 10.1 Å². The molecule has 0 spiro atoms. The van der Waals surface area contributed by atoms with E-state index in [1.54, 1.807) is 0 Å². The highest BCUT2D eigenvalue weighted by Crippen LogP contribution is 2.25. The first-order valence-corrected chi connectivity index (χ1v) is 5.66. The molecular formula is C10H7F2N3O2S. The fourth-order valence-electron chi connectivity index (χ4n) is 1.27. The first kappa shape index (κ1) is 12.4. The van der Waals surface area contributed by atoms with Crippen molar-refractivity contribution in [2.75, 3.05) is 5.32 Å². The maximum absolute atomic E-state index is 13.3. The van der Waals surface area contributed by atoms with Crippen molar-refractivity contribution in [3.8, 4) is 0 Å². The number of benzene rings is 1. The summed E-state index contributed by atoms with van der Waals surface area (Å²) in [7, 11) is 0. The number of anilines is 1. The molecule has 0 saturated carbocycles. The Kier molecular flexibility index (Phi) is 3.47. The van der Waals surface area contributed by atoms with Crippen molar-refractivity contribution in [2.45, 2.75) is 6.54 Å². The minimum atomic E-state index is -0.673. The number of thiazole rings is 1. The number of rotatable bonds is 4. The summed E-state index contributed by atoms with van der Waals surface area (Å²) in [6.07, 6.45) is 1.12. The molecule has 2 rings (SSSR count). The zero-order valence-corrected chi connectivity index (χ0v) is 9.71. The fraction of sp³-hybridized carbons (Fsp3) is 0.100. The number of hydrogen-bond donors (Lipinski definition) is 1. The highest BCUT2D eigenvalue weighted by molar-refractivity contribution is 7.18. The van der Waals surface area contributed by atoms with Gasteiger partial charge in [-0.05, 0) is 17.4 Å². The van der Waals surface area contributed by atoms with Crippen molar-refractivity contribution in [1.82, 2.24) is 4.98 Å². The summed E-state index contributed by atoms with van der Waals surface area (Å²) in [6.45, 7) is 0.0801. The molecule has 0 bridgehead atoms. The van der Waals surface area contributed by atoms with Crippen molar-refractivity contribution in [3.63, 3.8) is 0 Å². The molecule has 0 aliphatic heterocycles.